The zero-order valence-electron chi connectivity index (χ0n) is 13.4. The van der Waals surface area contributed by atoms with E-state index < -0.39 is 16.3 Å². The van der Waals surface area contributed by atoms with Crippen molar-refractivity contribution in [1.29, 1.82) is 0 Å². The fourth-order valence-corrected chi connectivity index (χ4v) is 4.57. The minimum atomic E-state index is -3.65. The molecule has 0 unspecified atom stereocenters. The predicted molar refractivity (Wildman–Crippen MR) is 83.6 cm³/mol. The van der Waals surface area contributed by atoms with E-state index in [0.29, 0.717) is 18.1 Å². The Morgan fingerprint density at radius 2 is 2.22 bits per heavy atom. The van der Waals surface area contributed by atoms with Crippen LogP contribution in [0.1, 0.15) is 49.2 Å². The van der Waals surface area contributed by atoms with Crippen LogP contribution in [-0.4, -0.2) is 34.0 Å². The Balaban J connectivity index is 1.80. The molecule has 2 aromatic rings. The first-order valence-corrected chi connectivity index (χ1v) is 9.02. The fraction of sp³-hybridized carbons (Fsp3) is 0.571. The zero-order valence-corrected chi connectivity index (χ0v) is 14.2. The molecule has 0 spiro atoms. The second-order valence-electron chi connectivity index (χ2n) is 5.86. The standard InChI is InChI=1S/C14H21N5O3S/c1-10-6-7-13(22-10)12-5-4-8-19(12)23(20,21)17-11(2)14-16-15-9-18(14)3/h6-7,9,11-12,17H,4-5,8H2,1-3H3/t11-,12+/m0/s1. The lowest BCUT2D eigenvalue weighted by atomic mass is 10.2. The normalized spacial score (nSPS) is 20.9. The summed E-state index contributed by atoms with van der Waals surface area (Å²) in [4.78, 5) is 0. The van der Waals surface area contributed by atoms with Gasteiger partial charge in [-0.25, -0.2) is 0 Å². The highest BCUT2D eigenvalue weighted by Gasteiger charge is 2.38. The van der Waals surface area contributed by atoms with Crippen LogP contribution in [-0.2, 0) is 17.3 Å². The van der Waals surface area contributed by atoms with Gasteiger partial charge in [0.25, 0.3) is 10.2 Å². The highest BCUT2D eigenvalue weighted by molar-refractivity contribution is 7.87. The molecule has 1 fully saturated rings. The molecular weight excluding hydrogens is 318 g/mol. The minimum Gasteiger partial charge on any atom is -0.465 e. The van der Waals surface area contributed by atoms with Gasteiger partial charge in [0.15, 0.2) is 5.82 Å². The first-order chi connectivity index (χ1) is 10.9. The maximum absolute atomic E-state index is 12.8. The quantitative estimate of drug-likeness (QED) is 0.890. The molecule has 23 heavy (non-hydrogen) atoms. The summed E-state index contributed by atoms with van der Waals surface area (Å²) in [7, 11) is -1.87. The second-order valence-corrected chi connectivity index (χ2v) is 7.52. The van der Waals surface area contributed by atoms with Crippen molar-refractivity contribution in [3.63, 3.8) is 0 Å². The Labute approximate surface area is 135 Å². The molecule has 1 saturated heterocycles. The van der Waals surface area contributed by atoms with E-state index in [-0.39, 0.29) is 6.04 Å². The number of aromatic nitrogens is 3. The third kappa shape index (κ3) is 3.17. The number of hydrogen-bond acceptors (Lipinski definition) is 5. The summed E-state index contributed by atoms with van der Waals surface area (Å²) in [5, 5.41) is 7.74. The van der Waals surface area contributed by atoms with Gasteiger partial charge in [-0.15, -0.1) is 10.2 Å². The van der Waals surface area contributed by atoms with E-state index in [1.165, 1.54) is 4.31 Å². The lowest BCUT2D eigenvalue weighted by molar-refractivity contribution is 0.328. The maximum Gasteiger partial charge on any atom is 0.280 e. The van der Waals surface area contributed by atoms with Gasteiger partial charge in [-0.1, -0.05) is 0 Å². The molecule has 3 heterocycles. The number of furan rings is 1. The largest absolute Gasteiger partial charge is 0.465 e. The fourth-order valence-electron chi connectivity index (χ4n) is 2.97. The molecule has 1 aliphatic rings. The van der Waals surface area contributed by atoms with E-state index in [0.717, 1.165) is 18.6 Å². The van der Waals surface area contributed by atoms with Crippen LogP contribution >= 0.6 is 0 Å². The van der Waals surface area contributed by atoms with Gasteiger partial charge in [0.2, 0.25) is 0 Å². The Morgan fingerprint density at radius 3 is 2.83 bits per heavy atom. The van der Waals surface area contributed by atoms with Crippen molar-refractivity contribution in [2.45, 2.75) is 38.8 Å². The molecule has 0 aliphatic carbocycles. The van der Waals surface area contributed by atoms with Gasteiger partial charge in [-0.2, -0.15) is 17.4 Å². The number of nitrogens with one attached hydrogen (secondary N) is 1. The van der Waals surface area contributed by atoms with Crippen LogP contribution in [0, 0.1) is 6.92 Å². The van der Waals surface area contributed by atoms with Gasteiger partial charge >= 0.3 is 0 Å². The molecule has 126 valence electrons. The van der Waals surface area contributed by atoms with Crippen LogP contribution in [0.4, 0.5) is 0 Å². The van der Waals surface area contributed by atoms with Crippen molar-refractivity contribution in [2.75, 3.05) is 6.54 Å². The molecule has 2 aromatic heterocycles. The van der Waals surface area contributed by atoms with Gasteiger partial charge in [0, 0.05) is 13.6 Å². The minimum absolute atomic E-state index is 0.257. The molecule has 0 bridgehead atoms. The smallest absolute Gasteiger partial charge is 0.280 e. The van der Waals surface area contributed by atoms with Crippen LogP contribution < -0.4 is 4.72 Å². The molecule has 1 N–H and O–H groups in total. The molecule has 9 heteroatoms. The van der Waals surface area contributed by atoms with Crippen molar-refractivity contribution in [3.8, 4) is 0 Å². The average Bonchev–Trinajstić information content (AvgIpc) is 3.17. The Hall–Kier alpha value is -1.71. The van der Waals surface area contributed by atoms with Crippen molar-refractivity contribution in [1.82, 2.24) is 23.8 Å². The van der Waals surface area contributed by atoms with Crippen molar-refractivity contribution >= 4 is 10.2 Å². The molecule has 0 aromatic carbocycles. The molecule has 0 amide bonds. The molecule has 0 saturated carbocycles. The van der Waals surface area contributed by atoms with Gasteiger partial charge in [-0.05, 0) is 38.8 Å². The highest BCUT2D eigenvalue weighted by Crippen LogP contribution is 2.35. The molecule has 0 radical (unpaired) electrons. The third-order valence-corrected chi connectivity index (χ3v) is 5.77. The predicted octanol–water partition coefficient (Wildman–Crippen LogP) is 1.45. The van der Waals surface area contributed by atoms with E-state index in [1.54, 1.807) is 24.9 Å². The van der Waals surface area contributed by atoms with Crippen molar-refractivity contribution < 1.29 is 12.8 Å². The maximum atomic E-state index is 12.8. The van der Waals surface area contributed by atoms with Crippen molar-refractivity contribution in [2.24, 2.45) is 7.05 Å². The number of nitrogens with zero attached hydrogens (tertiary/aromatic N) is 4. The van der Waals surface area contributed by atoms with Crippen LogP contribution in [0.3, 0.4) is 0 Å². The summed E-state index contributed by atoms with van der Waals surface area (Å²) in [6, 6.07) is 2.98. The van der Waals surface area contributed by atoms with E-state index >= 15 is 0 Å². The third-order valence-electron chi connectivity index (χ3n) is 4.06. The van der Waals surface area contributed by atoms with Crippen LogP contribution in [0.15, 0.2) is 22.9 Å². The second kappa shape index (κ2) is 6.06. The molecule has 1 aliphatic heterocycles. The monoisotopic (exact) mass is 339 g/mol. The zero-order chi connectivity index (χ0) is 16.6. The number of rotatable bonds is 5. The topological polar surface area (TPSA) is 93.3 Å². The van der Waals surface area contributed by atoms with E-state index in [9.17, 15) is 8.42 Å². The van der Waals surface area contributed by atoms with Crippen LogP contribution in [0.25, 0.3) is 0 Å². The summed E-state index contributed by atoms with van der Waals surface area (Å²) >= 11 is 0. The Morgan fingerprint density at radius 1 is 1.43 bits per heavy atom. The average molecular weight is 339 g/mol. The molecule has 8 nitrogen and oxygen atoms in total. The lowest BCUT2D eigenvalue weighted by Gasteiger charge is -2.24. The Bertz CT molecular complexity index is 782. The summed E-state index contributed by atoms with van der Waals surface area (Å²) in [6.45, 7) is 4.08. The molecule has 2 atom stereocenters. The van der Waals surface area contributed by atoms with Gasteiger partial charge < -0.3 is 8.98 Å². The van der Waals surface area contributed by atoms with Crippen LogP contribution in [0.5, 0.6) is 0 Å². The summed E-state index contributed by atoms with van der Waals surface area (Å²) < 4.78 is 37.0. The first-order valence-electron chi connectivity index (χ1n) is 7.58. The highest BCUT2D eigenvalue weighted by atomic mass is 32.2. The van der Waals surface area contributed by atoms with Gasteiger partial charge in [-0.3, -0.25) is 0 Å². The van der Waals surface area contributed by atoms with E-state index in [1.807, 2.05) is 19.1 Å². The summed E-state index contributed by atoms with van der Waals surface area (Å²) in [5.74, 6) is 2.04. The van der Waals surface area contributed by atoms with Gasteiger partial charge in [0.1, 0.15) is 17.8 Å². The number of hydrogen-bond donors (Lipinski definition) is 1. The molecule has 3 rings (SSSR count). The Kier molecular flexibility index (Phi) is 4.26. The van der Waals surface area contributed by atoms with Crippen molar-refractivity contribution in [3.05, 3.63) is 35.8 Å². The summed E-state index contributed by atoms with van der Waals surface area (Å²) in [5.41, 5.74) is 0. The SMILES string of the molecule is Cc1ccc([C@H]2CCCN2S(=O)(=O)N[C@@H](C)c2nncn2C)o1. The summed E-state index contributed by atoms with van der Waals surface area (Å²) in [6.07, 6.45) is 3.11. The lowest BCUT2D eigenvalue weighted by Crippen LogP contribution is -2.41. The molecular formula is C14H21N5O3S. The van der Waals surface area contributed by atoms with Crippen LogP contribution in [0.2, 0.25) is 0 Å². The van der Waals surface area contributed by atoms with Gasteiger partial charge in [0.05, 0.1) is 12.1 Å². The van der Waals surface area contributed by atoms with E-state index in [2.05, 4.69) is 14.9 Å². The van der Waals surface area contributed by atoms with E-state index in [4.69, 9.17) is 4.42 Å². The number of aryl methyl sites for hydroxylation is 2. The first kappa shape index (κ1) is 16.2.